The molecule has 2 atom stereocenters. The maximum absolute atomic E-state index is 12.7. The van der Waals surface area contributed by atoms with Crippen LogP contribution in [0.4, 0.5) is 0 Å². The van der Waals surface area contributed by atoms with Gasteiger partial charge in [0.1, 0.15) is 0 Å². The van der Waals surface area contributed by atoms with Crippen LogP contribution in [0.25, 0.3) is 0 Å². The van der Waals surface area contributed by atoms with Gasteiger partial charge in [-0.2, -0.15) is 0 Å². The van der Waals surface area contributed by atoms with Gasteiger partial charge in [0.25, 0.3) is 0 Å². The van der Waals surface area contributed by atoms with Gasteiger partial charge in [0.05, 0.1) is 0 Å². The third-order valence-electron chi connectivity index (χ3n) is 5.61. The molecule has 0 bridgehead atoms. The Morgan fingerprint density at radius 3 is 2.70 bits per heavy atom. The molecule has 4 nitrogen and oxygen atoms in total. The Morgan fingerprint density at radius 1 is 1.20 bits per heavy atom. The molecule has 3 aliphatic rings. The van der Waals surface area contributed by atoms with Crippen LogP contribution in [0, 0.1) is 0 Å². The second-order valence-electron chi connectivity index (χ2n) is 7.29. The van der Waals surface area contributed by atoms with E-state index in [4.69, 9.17) is 5.73 Å². The van der Waals surface area contributed by atoms with Crippen molar-refractivity contribution in [1.29, 1.82) is 0 Å². The summed E-state index contributed by atoms with van der Waals surface area (Å²) in [4.78, 5) is 17.4. The number of carbonyl (C=O) groups is 1. The predicted molar refractivity (Wildman–Crippen MR) is 80.4 cm³/mol. The van der Waals surface area contributed by atoms with E-state index in [1.165, 1.54) is 38.6 Å². The van der Waals surface area contributed by atoms with E-state index in [0.717, 1.165) is 25.9 Å². The summed E-state index contributed by atoms with van der Waals surface area (Å²) in [5, 5.41) is 0. The monoisotopic (exact) mass is 279 g/mol. The molecule has 0 aromatic rings. The molecule has 1 saturated carbocycles. The molecule has 0 aromatic carbocycles. The fourth-order valence-electron chi connectivity index (χ4n) is 4.37. The number of hydrogen-bond acceptors (Lipinski definition) is 3. The van der Waals surface area contributed by atoms with E-state index in [1.54, 1.807) is 0 Å². The highest BCUT2D eigenvalue weighted by atomic mass is 16.2. The highest BCUT2D eigenvalue weighted by Crippen LogP contribution is 2.31. The van der Waals surface area contributed by atoms with Gasteiger partial charge >= 0.3 is 0 Å². The van der Waals surface area contributed by atoms with Crippen molar-refractivity contribution in [2.24, 2.45) is 5.73 Å². The molecular formula is C16H29N3O. The summed E-state index contributed by atoms with van der Waals surface area (Å²) in [5.41, 5.74) is 6.24. The molecule has 2 unspecified atom stereocenters. The molecule has 4 heteroatoms. The molecule has 0 spiro atoms. The third kappa shape index (κ3) is 2.86. The van der Waals surface area contributed by atoms with Crippen molar-refractivity contribution >= 4 is 5.91 Å². The molecule has 114 valence electrons. The molecule has 2 aliphatic heterocycles. The summed E-state index contributed by atoms with van der Waals surface area (Å²) in [6.07, 6.45) is 8.82. The van der Waals surface area contributed by atoms with E-state index < -0.39 is 0 Å². The molecule has 0 aromatic heterocycles. The van der Waals surface area contributed by atoms with E-state index in [1.807, 2.05) is 0 Å². The van der Waals surface area contributed by atoms with Crippen molar-refractivity contribution in [3.8, 4) is 0 Å². The van der Waals surface area contributed by atoms with Gasteiger partial charge in [-0.3, -0.25) is 9.69 Å². The van der Waals surface area contributed by atoms with E-state index in [2.05, 4.69) is 16.7 Å². The van der Waals surface area contributed by atoms with E-state index >= 15 is 0 Å². The second-order valence-corrected chi connectivity index (χ2v) is 7.29. The number of fused-ring (bicyclic) bond motifs is 1. The Hall–Kier alpha value is -0.610. The lowest BCUT2D eigenvalue weighted by atomic mass is 9.80. The van der Waals surface area contributed by atoms with Crippen molar-refractivity contribution in [1.82, 2.24) is 9.80 Å². The lowest BCUT2D eigenvalue weighted by molar-refractivity contribution is -0.138. The molecule has 1 aliphatic carbocycles. The molecule has 3 rings (SSSR count). The highest BCUT2D eigenvalue weighted by molar-refractivity contribution is 5.78. The van der Waals surface area contributed by atoms with Crippen LogP contribution >= 0.6 is 0 Å². The van der Waals surface area contributed by atoms with Crippen molar-refractivity contribution in [2.75, 3.05) is 19.6 Å². The van der Waals surface area contributed by atoms with Crippen LogP contribution in [0.1, 0.15) is 58.3 Å². The Labute approximate surface area is 122 Å². The smallest absolute Gasteiger partial charge is 0.224 e. The number of nitrogens with two attached hydrogens (primary N) is 1. The van der Waals surface area contributed by atoms with E-state index in [-0.39, 0.29) is 5.54 Å². The Bertz CT molecular complexity index is 365. The minimum Gasteiger partial charge on any atom is -0.337 e. The number of piperazine rings is 1. The molecule has 1 amide bonds. The Morgan fingerprint density at radius 2 is 1.95 bits per heavy atom. The Balaban J connectivity index is 1.61. The van der Waals surface area contributed by atoms with Gasteiger partial charge in [0.2, 0.25) is 5.91 Å². The molecule has 2 saturated heterocycles. The van der Waals surface area contributed by atoms with E-state index in [9.17, 15) is 4.79 Å². The number of carbonyl (C=O) groups excluding carboxylic acids is 1. The highest BCUT2D eigenvalue weighted by Gasteiger charge is 2.39. The zero-order chi connectivity index (χ0) is 14.2. The van der Waals surface area contributed by atoms with Crippen LogP contribution in [0.3, 0.4) is 0 Å². The van der Waals surface area contributed by atoms with Crippen molar-refractivity contribution in [2.45, 2.75) is 75.9 Å². The molecule has 2 heterocycles. The number of amides is 1. The van der Waals surface area contributed by atoms with Crippen LogP contribution in [-0.4, -0.2) is 53.0 Å². The molecule has 2 N–H and O–H groups in total. The first kappa shape index (κ1) is 14.3. The molecule has 20 heavy (non-hydrogen) atoms. The molecule has 3 fully saturated rings. The van der Waals surface area contributed by atoms with Gasteiger partial charge in [-0.15, -0.1) is 0 Å². The largest absolute Gasteiger partial charge is 0.337 e. The molecular weight excluding hydrogens is 250 g/mol. The summed E-state index contributed by atoms with van der Waals surface area (Å²) in [7, 11) is 0. The maximum Gasteiger partial charge on any atom is 0.224 e. The minimum absolute atomic E-state index is 0.220. The zero-order valence-electron chi connectivity index (χ0n) is 12.8. The van der Waals surface area contributed by atoms with Gasteiger partial charge in [-0.05, 0) is 39.2 Å². The van der Waals surface area contributed by atoms with Gasteiger partial charge in [-0.25, -0.2) is 0 Å². The average molecular weight is 279 g/mol. The normalized spacial score (nSPS) is 34.0. The van der Waals surface area contributed by atoms with Gasteiger partial charge in [0, 0.05) is 37.1 Å². The lowest BCUT2D eigenvalue weighted by Crippen LogP contribution is -2.58. The average Bonchev–Trinajstić information content (AvgIpc) is 2.85. The first-order valence-electron chi connectivity index (χ1n) is 8.40. The fourth-order valence-corrected chi connectivity index (χ4v) is 4.37. The van der Waals surface area contributed by atoms with Crippen molar-refractivity contribution in [3.63, 3.8) is 0 Å². The number of rotatable bonds is 2. The summed E-state index contributed by atoms with van der Waals surface area (Å²) < 4.78 is 0. The second kappa shape index (κ2) is 5.64. The third-order valence-corrected chi connectivity index (χ3v) is 5.61. The first-order chi connectivity index (χ1) is 9.57. The van der Waals surface area contributed by atoms with Crippen LogP contribution in [0.2, 0.25) is 0 Å². The summed E-state index contributed by atoms with van der Waals surface area (Å²) in [6.45, 7) is 5.39. The quantitative estimate of drug-likeness (QED) is 0.837. The Kier molecular flexibility index (Phi) is 4.04. The zero-order valence-corrected chi connectivity index (χ0v) is 12.8. The van der Waals surface area contributed by atoms with Crippen molar-refractivity contribution < 1.29 is 4.79 Å². The van der Waals surface area contributed by atoms with Gasteiger partial charge < -0.3 is 10.6 Å². The summed E-state index contributed by atoms with van der Waals surface area (Å²) in [6, 6.07) is 0.958. The summed E-state index contributed by atoms with van der Waals surface area (Å²) >= 11 is 0. The maximum atomic E-state index is 12.7. The van der Waals surface area contributed by atoms with Crippen molar-refractivity contribution in [3.05, 3.63) is 0 Å². The minimum atomic E-state index is -0.220. The topological polar surface area (TPSA) is 49.6 Å². The number of hydrogen-bond donors (Lipinski definition) is 1. The van der Waals surface area contributed by atoms with Crippen LogP contribution in [0.5, 0.6) is 0 Å². The first-order valence-corrected chi connectivity index (χ1v) is 8.40. The van der Waals surface area contributed by atoms with Crippen LogP contribution < -0.4 is 5.73 Å². The van der Waals surface area contributed by atoms with Gasteiger partial charge in [-0.1, -0.05) is 19.3 Å². The fraction of sp³-hybridized carbons (Fsp3) is 0.938. The number of nitrogens with zero attached hydrogens (tertiary/aromatic N) is 2. The predicted octanol–water partition coefficient (Wildman–Crippen LogP) is 1.73. The summed E-state index contributed by atoms with van der Waals surface area (Å²) in [5.74, 6) is 0.299. The lowest BCUT2D eigenvalue weighted by Gasteiger charge is -2.44. The van der Waals surface area contributed by atoms with Crippen LogP contribution in [0.15, 0.2) is 0 Å². The molecule has 0 radical (unpaired) electrons. The SMILES string of the molecule is CC1CN2CCCC2CN1C(=O)CC1(N)CCCCC1. The van der Waals surface area contributed by atoms with E-state index in [0.29, 0.717) is 24.4 Å². The standard InChI is InChI=1S/C16H29N3O/c1-13-11-18-9-5-6-14(18)12-19(13)15(20)10-16(17)7-3-2-4-8-16/h13-14H,2-12,17H2,1H3. The van der Waals surface area contributed by atoms with Crippen LogP contribution in [-0.2, 0) is 4.79 Å². The van der Waals surface area contributed by atoms with Gasteiger partial charge in [0.15, 0.2) is 0 Å².